The lowest BCUT2D eigenvalue weighted by Crippen LogP contribution is -2.56. The number of sulfonamides is 1. The lowest BCUT2D eigenvalue weighted by Gasteiger charge is -2.41. The Morgan fingerprint density at radius 2 is 0.811 bits per heavy atom. The molecule has 6 fully saturated rings. The van der Waals surface area contributed by atoms with Crippen molar-refractivity contribution in [1.82, 2.24) is 29.7 Å². The topological polar surface area (TPSA) is 327 Å². The number of amides is 3. The number of aliphatic hydroxyl groups excluding tert-OH is 2. The molecule has 122 heavy (non-hydrogen) atoms. The molecule has 7 N–H and O–H groups in total. The first-order chi connectivity index (χ1) is 58.8. The van der Waals surface area contributed by atoms with Gasteiger partial charge >= 0.3 is 0 Å². The number of piperazine rings is 3. The lowest BCUT2D eigenvalue weighted by molar-refractivity contribution is 0.0690. The van der Waals surface area contributed by atoms with Gasteiger partial charge in [-0.3, -0.25) is 14.4 Å². The molecule has 0 radical (unpaired) electrons. The van der Waals surface area contributed by atoms with Gasteiger partial charge in [-0.1, -0.05) is 66.7 Å². The summed E-state index contributed by atoms with van der Waals surface area (Å²) >= 11 is 0. The monoisotopic (exact) mass is 1670 g/mol. The summed E-state index contributed by atoms with van der Waals surface area (Å²) in [5.41, 5.74) is 16.9. The molecule has 0 aliphatic carbocycles. The highest BCUT2D eigenvalue weighted by atomic mass is 32.2. The molecule has 6 saturated heterocycles. The second-order valence-corrected chi connectivity index (χ2v) is 34.2. The van der Waals surface area contributed by atoms with Crippen LogP contribution in [-0.4, -0.2) is 214 Å². The average Bonchev–Trinajstić information content (AvgIpc) is 0.795. The summed E-state index contributed by atoms with van der Waals surface area (Å²) in [5.74, 6) is 1.48. The minimum absolute atomic E-state index is 0.00113. The van der Waals surface area contributed by atoms with E-state index in [1.54, 1.807) is 9.80 Å². The standard InChI is InChI=1S/2C32H38N6O2.C30H34FN7O3S/c2*1-22-17-23(2)29(35-26-11-13-36(14-12-26)30-9-5-4-8-25(30)19-33)18-28(22)32(40)37-15-16-38(27(20-37)21-39)31-10-6-7-24(3)34-31;1-20-17-21(2)29(34-24-9-11-36(12-10-24)25-6-4-3-5-22(25)19-32)35-28(20)30(39)38-15-13-37(14-16-38)26-8-7-23(31)18-27(26)42(33,40)41/h2*4-10,17-18,26-27,35,39H,11-16,20-21H2,1-3H3;3-8,17-18,24H,9-16H2,1-2H3,(H,34,35)(H2,33,40,41)/t27-;;/m0../s1. The van der Waals surface area contributed by atoms with Crippen LogP contribution in [-0.2, 0) is 10.0 Å². The van der Waals surface area contributed by atoms with E-state index in [2.05, 4.69) is 94.6 Å². The number of nitrogens with one attached hydrogen (secondary N) is 3. The van der Waals surface area contributed by atoms with Crippen molar-refractivity contribution in [3.05, 3.63) is 242 Å². The predicted molar refractivity (Wildman–Crippen MR) is 478 cm³/mol. The molecule has 0 spiro atoms. The summed E-state index contributed by atoms with van der Waals surface area (Å²) in [4.78, 5) is 73.1. The smallest absolute Gasteiger partial charge is 0.272 e. The number of primary sulfonamides is 1. The van der Waals surface area contributed by atoms with Crippen molar-refractivity contribution in [3.8, 4) is 18.2 Å². The largest absolute Gasteiger partial charge is 0.394 e. The summed E-state index contributed by atoms with van der Waals surface area (Å²) in [7, 11) is -4.12. The lowest BCUT2D eigenvalue weighted by atomic mass is 9.99. The van der Waals surface area contributed by atoms with Gasteiger partial charge in [-0.25, -0.2) is 32.9 Å². The molecule has 3 aromatic heterocycles. The molecule has 6 aliphatic heterocycles. The van der Waals surface area contributed by atoms with Crippen LogP contribution in [0, 0.1) is 95.2 Å². The highest BCUT2D eigenvalue weighted by Crippen LogP contribution is 2.35. The fourth-order valence-corrected chi connectivity index (χ4v) is 18.3. The SMILES string of the molecule is Cc1cc(C)c(C(=O)N2CCN(c3ccc(F)cc3S(N)(=O)=O)CC2)nc1NC1CCN(c2ccccc2C#N)CC1.Cc1cccc(N2CCN(C(=O)c3cc(NC4CCN(c5ccccc5C#N)CC4)c(C)cc3C)CC2CO)n1.Cc1cccc(N2CCN(C(=O)c3cc(NC4CCN(c5ccccc5C#N)CC4)c(C)cc3C)C[C@H]2CO)n1. The van der Waals surface area contributed by atoms with Gasteiger partial charge in [0.15, 0.2) is 0 Å². The minimum atomic E-state index is -4.12. The number of aliphatic hydroxyl groups is 2. The Hall–Kier alpha value is -12.4. The Labute approximate surface area is 715 Å². The Kier molecular flexibility index (Phi) is 28.3. The van der Waals surface area contributed by atoms with Gasteiger partial charge < -0.3 is 70.3 Å². The van der Waals surface area contributed by atoms with Gasteiger partial charge in [0, 0.05) is 157 Å². The highest BCUT2D eigenvalue weighted by Gasteiger charge is 2.36. The van der Waals surface area contributed by atoms with E-state index in [0.29, 0.717) is 123 Å². The van der Waals surface area contributed by atoms with Gasteiger partial charge in [0.05, 0.1) is 64.7 Å². The molecule has 2 atom stereocenters. The molecule has 3 amide bonds. The van der Waals surface area contributed by atoms with Crippen molar-refractivity contribution >= 4 is 79.3 Å². The third-order valence-corrected chi connectivity index (χ3v) is 25.2. The van der Waals surface area contributed by atoms with E-state index in [0.717, 1.165) is 169 Å². The number of piperidine rings is 3. The third kappa shape index (κ3) is 20.6. The second-order valence-electron chi connectivity index (χ2n) is 32.7. The number of hydrogen-bond acceptors (Lipinski definition) is 22. The van der Waals surface area contributed by atoms with Gasteiger partial charge in [-0.2, -0.15) is 15.8 Å². The van der Waals surface area contributed by atoms with Crippen LogP contribution in [0.15, 0.2) is 163 Å². The molecular formula is C94H110FN19O7S. The Morgan fingerprint density at radius 1 is 0.426 bits per heavy atom. The number of nitrogens with zero attached hydrogens (tertiary/aromatic N) is 15. The summed E-state index contributed by atoms with van der Waals surface area (Å²) < 4.78 is 37.8. The van der Waals surface area contributed by atoms with Crippen LogP contribution < -0.4 is 50.5 Å². The molecule has 1 unspecified atom stereocenters. The summed E-state index contributed by atoms with van der Waals surface area (Å²) in [6.45, 7) is 25.6. The van der Waals surface area contributed by atoms with E-state index in [4.69, 9.17) is 10.1 Å². The molecule has 636 valence electrons. The van der Waals surface area contributed by atoms with Crippen LogP contribution in [0.5, 0.6) is 0 Å². The maximum absolute atomic E-state index is 13.7. The van der Waals surface area contributed by atoms with Gasteiger partial charge in [0.25, 0.3) is 17.7 Å². The van der Waals surface area contributed by atoms with E-state index < -0.39 is 15.8 Å². The molecule has 9 aromatic rings. The van der Waals surface area contributed by atoms with E-state index >= 15 is 0 Å². The maximum atomic E-state index is 13.7. The van der Waals surface area contributed by atoms with Crippen molar-refractivity contribution in [2.75, 3.05) is 163 Å². The van der Waals surface area contributed by atoms with Gasteiger partial charge in [0.1, 0.15) is 52.1 Å². The zero-order valence-electron chi connectivity index (χ0n) is 70.9. The van der Waals surface area contributed by atoms with E-state index in [1.165, 1.54) is 12.1 Å². The van der Waals surface area contributed by atoms with Crippen molar-refractivity contribution in [2.24, 2.45) is 5.14 Å². The number of para-hydroxylation sites is 3. The van der Waals surface area contributed by atoms with Crippen LogP contribution >= 0.6 is 0 Å². The van der Waals surface area contributed by atoms with E-state index in [-0.39, 0.29) is 54.0 Å². The van der Waals surface area contributed by atoms with Crippen LogP contribution in [0.2, 0.25) is 0 Å². The first-order valence-electron chi connectivity index (χ1n) is 42.1. The molecule has 6 aliphatic rings. The number of carbonyl (C=O) groups excluding carboxylic acids is 3. The fraction of sp³-hybridized carbons (Fsp3) is 0.394. The Morgan fingerprint density at radius 3 is 1.20 bits per heavy atom. The number of pyridine rings is 3. The van der Waals surface area contributed by atoms with E-state index in [9.17, 15) is 53.2 Å². The van der Waals surface area contributed by atoms with Gasteiger partial charge in [-0.05, 0) is 218 Å². The first kappa shape index (κ1) is 87.4. The number of hydrogen-bond donors (Lipinski definition) is 6. The fourth-order valence-electron chi connectivity index (χ4n) is 17.5. The summed E-state index contributed by atoms with van der Waals surface area (Å²) in [6.07, 6.45) is 5.52. The summed E-state index contributed by atoms with van der Waals surface area (Å²) in [6, 6.07) is 55.9. The number of rotatable bonds is 18. The third-order valence-electron chi connectivity index (χ3n) is 24.3. The van der Waals surface area contributed by atoms with Gasteiger partial charge in [0.2, 0.25) is 10.0 Å². The predicted octanol–water partition coefficient (Wildman–Crippen LogP) is 12.0. The van der Waals surface area contributed by atoms with E-state index in [1.807, 2.05) is 179 Å². The number of nitrogens with two attached hydrogens (primary N) is 1. The molecule has 9 heterocycles. The Bertz CT molecular complexity index is 5310. The van der Waals surface area contributed by atoms with Crippen LogP contribution in [0.1, 0.15) is 131 Å². The molecule has 6 aromatic carbocycles. The minimum Gasteiger partial charge on any atom is -0.394 e. The van der Waals surface area contributed by atoms with Crippen LogP contribution in [0.25, 0.3) is 0 Å². The van der Waals surface area contributed by atoms with Crippen molar-refractivity contribution in [3.63, 3.8) is 0 Å². The molecule has 26 nitrogen and oxygen atoms in total. The normalized spacial score (nSPS) is 17.4. The molecule has 15 rings (SSSR count). The number of anilines is 9. The van der Waals surface area contributed by atoms with Crippen molar-refractivity contribution < 1.29 is 37.4 Å². The Balaban J connectivity index is 0.000000158. The van der Waals surface area contributed by atoms with Crippen LogP contribution in [0.3, 0.4) is 0 Å². The van der Waals surface area contributed by atoms with Crippen molar-refractivity contribution in [1.29, 1.82) is 15.8 Å². The zero-order valence-corrected chi connectivity index (χ0v) is 71.7. The molecule has 0 saturated carbocycles. The van der Waals surface area contributed by atoms with Crippen molar-refractivity contribution in [2.45, 2.75) is 129 Å². The van der Waals surface area contributed by atoms with Gasteiger partial charge in [-0.15, -0.1) is 0 Å². The quantitative estimate of drug-likeness (QED) is 0.0465. The highest BCUT2D eigenvalue weighted by molar-refractivity contribution is 7.89. The zero-order chi connectivity index (χ0) is 86.5. The maximum Gasteiger partial charge on any atom is 0.272 e. The first-order valence-corrected chi connectivity index (χ1v) is 43.6. The molecular weight excluding hydrogens is 1560 g/mol. The number of carbonyl (C=O) groups is 3. The molecule has 28 heteroatoms. The average molecular weight is 1670 g/mol. The summed E-state index contributed by atoms with van der Waals surface area (Å²) in [5, 5.41) is 65.0. The number of aromatic nitrogens is 3. The number of benzene rings is 6. The second kappa shape index (κ2) is 39.4. The number of aryl methyl sites for hydroxylation is 8. The number of nitriles is 3. The number of halogens is 1. The van der Waals surface area contributed by atoms with Crippen LogP contribution in [0.4, 0.5) is 56.0 Å². The molecule has 0 bridgehead atoms.